The number of fused-ring (bicyclic) bond motifs is 8. The van der Waals surface area contributed by atoms with Crippen molar-refractivity contribution in [2.24, 2.45) is 0 Å². The number of carboxylic acid groups (broad SMARTS) is 1. The summed E-state index contributed by atoms with van der Waals surface area (Å²) in [5, 5.41) is 7.72. The summed E-state index contributed by atoms with van der Waals surface area (Å²) in [5.41, 5.74) is 23.0. The van der Waals surface area contributed by atoms with Crippen LogP contribution in [0.5, 0.6) is 0 Å². The fourth-order valence-electron chi connectivity index (χ4n) is 8.22. The number of aromatic nitrogens is 5. The molecule has 360 valence electrons. The molecule has 0 saturated heterocycles. The van der Waals surface area contributed by atoms with Gasteiger partial charge in [-0.25, -0.2) is 9.97 Å². The molecular weight excluding hydrogens is 887 g/mol. The molecule has 4 N–H and O–H groups in total. The zero-order valence-corrected chi connectivity index (χ0v) is 40.9. The van der Waals surface area contributed by atoms with E-state index in [1.807, 2.05) is 55.7 Å². The zero-order valence-electron chi connectivity index (χ0n) is 40.9. The summed E-state index contributed by atoms with van der Waals surface area (Å²) in [7, 11) is 0. The Labute approximate surface area is 422 Å². The maximum atomic E-state index is 10.1. The number of aromatic amines is 3. The second-order valence-corrected chi connectivity index (χ2v) is 17.6. The fraction of sp³-hybridized carbons (Fsp3) is 0.125. The molecule has 0 amide bonds. The Kier molecular flexibility index (Phi) is 16.7. The fourth-order valence-corrected chi connectivity index (χ4v) is 8.22. The number of aldehydes is 1. The Morgan fingerprint density at radius 2 is 0.694 bits per heavy atom. The molecule has 8 bridgehead atoms. The van der Waals surface area contributed by atoms with Gasteiger partial charge < -0.3 is 20.1 Å². The second-order valence-electron chi connectivity index (χ2n) is 17.6. The van der Waals surface area contributed by atoms with Crippen LogP contribution in [0.15, 0.2) is 170 Å². The third kappa shape index (κ3) is 12.3. The van der Waals surface area contributed by atoms with E-state index in [-0.39, 0.29) is 13.8 Å². The van der Waals surface area contributed by atoms with E-state index >= 15 is 0 Å². The number of carboxylic acids is 1. The van der Waals surface area contributed by atoms with Gasteiger partial charge in [0.15, 0.2) is 0 Å². The summed E-state index contributed by atoms with van der Waals surface area (Å²) in [6.07, 6.45) is 13.4. The summed E-state index contributed by atoms with van der Waals surface area (Å²) in [6, 6.07) is 54.9. The molecule has 0 aliphatic carbocycles. The SMILES string of the molecule is C.CCC(=O)O.Cc1ccc(-c2c3nc(c(-c4ccc(C)cc4)c4ccc([nH]4)c(-c4ccc(C)cc4)c4nc(c(-c5ccc(C)cc5)c5ccc2[nH]5)C=C4)C=C3)cc1.Cc1ccc(C=O)cc1.c1cc[nH]c1. The highest BCUT2D eigenvalue weighted by molar-refractivity contribution is 6.00. The van der Waals surface area contributed by atoms with Crippen LogP contribution in [0.2, 0.25) is 0 Å². The lowest BCUT2D eigenvalue weighted by Crippen LogP contribution is -1.90. The van der Waals surface area contributed by atoms with Crippen LogP contribution < -0.4 is 0 Å². The van der Waals surface area contributed by atoms with Gasteiger partial charge in [-0.1, -0.05) is 163 Å². The van der Waals surface area contributed by atoms with Crippen LogP contribution >= 0.6 is 0 Å². The Morgan fingerprint density at radius 1 is 0.444 bits per heavy atom. The highest BCUT2D eigenvalue weighted by Gasteiger charge is 2.19. The van der Waals surface area contributed by atoms with E-state index in [0.717, 1.165) is 101 Å². The van der Waals surface area contributed by atoms with E-state index in [1.165, 1.54) is 27.8 Å². The molecule has 72 heavy (non-hydrogen) atoms. The van der Waals surface area contributed by atoms with Gasteiger partial charge in [0.05, 0.1) is 22.8 Å². The molecule has 5 aromatic carbocycles. The topological polar surface area (TPSA) is 128 Å². The van der Waals surface area contributed by atoms with Gasteiger partial charge in [0.2, 0.25) is 0 Å². The molecule has 0 fully saturated rings. The standard InChI is InChI=1S/C48H38N4.C8H8O.C4H5N.C3H6O2.CH4/c1-29-5-13-33(14-6-29)45-37-21-23-39(49-37)46(34-15-7-30(2)8-16-34)41-25-27-43(51-41)48(36-19-11-32(4)12-20-36)44-28-26-42(52-44)47(40-24-22-38(45)50-40)35-17-9-31(3)10-18-35;1-7-2-4-8(6-9)5-3-7;1-2-4-5-3-1;1-2-3(4)5;/h5-28,49,52H,1-4H3;2-6H,1H3;1-5H;2H2,1H3,(H,4,5);1H4. The average molecular weight is 948 g/mol. The highest BCUT2D eigenvalue weighted by atomic mass is 16.4. The minimum atomic E-state index is -0.745. The number of benzene rings is 5. The Hall–Kier alpha value is -8.88. The lowest BCUT2D eigenvalue weighted by atomic mass is 10.0. The molecule has 2 aliphatic heterocycles. The number of hydrogen-bond acceptors (Lipinski definition) is 4. The minimum Gasteiger partial charge on any atom is -0.481 e. The van der Waals surface area contributed by atoms with Crippen LogP contribution in [0.1, 0.15) is 81.7 Å². The first-order valence-corrected chi connectivity index (χ1v) is 23.7. The van der Waals surface area contributed by atoms with Gasteiger partial charge in [-0.15, -0.1) is 0 Å². The van der Waals surface area contributed by atoms with E-state index < -0.39 is 5.97 Å². The summed E-state index contributed by atoms with van der Waals surface area (Å²) in [6.45, 7) is 12.1. The first kappa shape index (κ1) is 51.0. The molecule has 11 rings (SSSR count). The van der Waals surface area contributed by atoms with Crippen molar-refractivity contribution in [1.29, 1.82) is 0 Å². The van der Waals surface area contributed by atoms with Gasteiger partial charge >= 0.3 is 5.97 Å². The first-order chi connectivity index (χ1) is 34.5. The molecule has 0 unspecified atom stereocenters. The smallest absolute Gasteiger partial charge is 0.303 e. The van der Waals surface area contributed by atoms with Crippen molar-refractivity contribution in [3.63, 3.8) is 0 Å². The number of hydrogen-bond donors (Lipinski definition) is 4. The predicted molar refractivity (Wildman–Crippen MR) is 302 cm³/mol. The number of aryl methyl sites for hydroxylation is 5. The van der Waals surface area contributed by atoms with Crippen LogP contribution in [0.4, 0.5) is 0 Å². The third-order valence-corrected chi connectivity index (χ3v) is 12.1. The molecule has 9 aromatic rings. The minimum absolute atomic E-state index is 0. The molecule has 2 aliphatic rings. The lowest BCUT2D eigenvalue weighted by molar-refractivity contribution is -0.136. The van der Waals surface area contributed by atoms with Crippen molar-refractivity contribution >= 4 is 58.6 Å². The summed E-state index contributed by atoms with van der Waals surface area (Å²) < 4.78 is 0. The highest BCUT2D eigenvalue weighted by Crippen LogP contribution is 2.38. The van der Waals surface area contributed by atoms with E-state index in [9.17, 15) is 9.59 Å². The van der Waals surface area contributed by atoms with E-state index in [0.29, 0.717) is 0 Å². The van der Waals surface area contributed by atoms with Gasteiger partial charge in [0.25, 0.3) is 0 Å². The van der Waals surface area contributed by atoms with Crippen LogP contribution in [0.3, 0.4) is 0 Å². The van der Waals surface area contributed by atoms with Gasteiger partial charge in [0, 0.05) is 68.7 Å². The Morgan fingerprint density at radius 3 is 0.903 bits per heavy atom. The Bertz CT molecular complexity index is 3110. The largest absolute Gasteiger partial charge is 0.481 e. The summed E-state index contributed by atoms with van der Waals surface area (Å²) in [4.78, 5) is 40.9. The number of nitrogens with one attached hydrogen (secondary N) is 3. The predicted octanol–water partition coefficient (Wildman–Crippen LogP) is 16.5. The van der Waals surface area contributed by atoms with Crippen LogP contribution in [0.25, 0.3) is 90.9 Å². The van der Waals surface area contributed by atoms with Crippen LogP contribution in [-0.4, -0.2) is 42.3 Å². The molecule has 8 nitrogen and oxygen atoms in total. The van der Waals surface area contributed by atoms with Gasteiger partial charge in [-0.2, -0.15) is 0 Å². The van der Waals surface area contributed by atoms with Crippen LogP contribution in [0, 0.1) is 34.6 Å². The first-order valence-electron chi connectivity index (χ1n) is 23.7. The summed E-state index contributed by atoms with van der Waals surface area (Å²) in [5.74, 6) is -0.745. The van der Waals surface area contributed by atoms with E-state index in [1.54, 1.807) is 6.92 Å². The number of H-pyrrole nitrogens is 3. The molecule has 4 aromatic heterocycles. The third-order valence-electron chi connectivity index (χ3n) is 12.1. The van der Waals surface area contributed by atoms with Crippen molar-refractivity contribution < 1.29 is 14.7 Å². The number of carbonyl (C=O) groups is 2. The lowest BCUT2D eigenvalue weighted by Gasteiger charge is -2.07. The quantitative estimate of drug-likeness (QED) is 0.123. The van der Waals surface area contributed by atoms with Gasteiger partial charge in [-0.3, -0.25) is 9.59 Å². The van der Waals surface area contributed by atoms with Crippen molar-refractivity contribution in [3.8, 4) is 44.5 Å². The molecular formula is C64H61N5O3. The molecule has 8 heteroatoms. The van der Waals surface area contributed by atoms with E-state index in [4.69, 9.17) is 15.1 Å². The number of nitrogens with zero attached hydrogens (tertiary/aromatic N) is 2. The van der Waals surface area contributed by atoms with E-state index in [2.05, 4.69) is 188 Å². The van der Waals surface area contributed by atoms with Crippen molar-refractivity contribution in [1.82, 2.24) is 24.9 Å². The average Bonchev–Trinajstić information content (AvgIpc) is 4.26. The van der Waals surface area contributed by atoms with Crippen molar-refractivity contribution in [3.05, 3.63) is 226 Å². The van der Waals surface area contributed by atoms with Crippen molar-refractivity contribution in [2.45, 2.75) is 55.4 Å². The molecule has 0 atom stereocenters. The number of rotatable bonds is 6. The van der Waals surface area contributed by atoms with Crippen molar-refractivity contribution in [2.75, 3.05) is 0 Å². The van der Waals surface area contributed by atoms with Crippen LogP contribution in [-0.2, 0) is 4.79 Å². The zero-order chi connectivity index (χ0) is 49.9. The normalized spacial score (nSPS) is 10.9. The maximum Gasteiger partial charge on any atom is 0.303 e. The Balaban J connectivity index is 0.000000320. The monoisotopic (exact) mass is 947 g/mol. The van der Waals surface area contributed by atoms with Gasteiger partial charge in [0.1, 0.15) is 6.29 Å². The molecule has 0 radical (unpaired) electrons. The number of carbonyl (C=O) groups excluding carboxylic acids is 1. The molecule has 0 saturated carbocycles. The number of aliphatic carboxylic acids is 1. The molecule has 0 spiro atoms. The summed E-state index contributed by atoms with van der Waals surface area (Å²) >= 11 is 0. The van der Waals surface area contributed by atoms with Gasteiger partial charge in [-0.05, 0) is 118 Å². The second kappa shape index (κ2) is 23.6. The molecule has 6 heterocycles. The maximum absolute atomic E-state index is 10.1.